The molecule has 0 spiro atoms. The number of fused-ring (bicyclic) bond motifs is 1. The van der Waals surface area contributed by atoms with Crippen LogP contribution in [-0.4, -0.2) is 35.9 Å². The van der Waals surface area contributed by atoms with Gasteiger partial charge in [-0.1, -0.05) is 38.1 Å². The number of carbonyl (C=O) groups excluding carboxylic acids is 1. The first-order chi connectivity index (χ1) is 14.2. The minimum Gasteiger partial charge on any atom is -0.486 e. The van der Waals surface area contributed by atoms with Crippen molar-refractivity contribution < 1.29 is 13.9 Å². The molecule has 0 atom stereocenters. The molecule has 29 heavy (non-hydrogen) atoms. The molecule has 0 unspecified atom stereocenters. The van der Waals surface area contributed by atoms with Crippen LogP contribution in [0.4, 0.5) is 0 Å². The zero-order chi connectivity index (χ0) is 20.6. The van der Waals surface area contributed by atoms with E-state index in [1.165, 1.54) is 23.5 Å². The van der Waals surface area contributed by atoms with Gasteiger partial charge < -0.3 is 14.1 Å². The minimum atomic E-state index is -0.140. The molecule has 1 amide bonds. The van der Waals surface area contributed by atoms with Gasteiger partial charge in [0.25, 0.3) is 0 Å². The fourth-order valence-corrected chi connectivity index (χ4v) is 3.80. The van der Waals surface area contributed by atoms with E-state index in [1.54, 1.807) is 4.90 Å². The van der Waals surface area contributed by atoms with E-state index in [4.69, 9.17) is 9.15 Å². The molecule has 1 fully saturated rings. The molecule has 0 N–H and O–H groups in total. The SMILES string of the molecule is CC.O=CN1CCC(COc2coc(CN3Cc4ccccc4C3)cc2=O)CC1. The van der Waals surface area contributed by atoms with Gasteiger partial charge in [0.1, 0.15) is 12.0 Å². The lowest BCUT2D eigenvalue weighted by Gasteiger charge is -2.28. The van der Waals surface area contributed by atoms with Gasteiger partial charge in [-0.15, -0.1) is 0 Å². The average Bonchev–Trinajstić information content (AvgIpc) is 3.17. The maximum absolute atomic E-state index is 12.3. The summed E-state index contributed by atoms with van der Waals surface area (Å²) in [6.07, 6.45) is 4.13. The largest absolute Gasteiger partial charge is 0.486 e. The fourth-order valence-electron chi connectivity index (χ4n) is 3.80. The number of piperidine rings is 1. The molecular weight excluding hydrogens is 368 g/mol. The topological polar surface area (TPSA) is 63.0 Å². The van der Waals surface area contributed by atoms with Gasteiger partial charge in [-0.05, 0) is 29.9 Å². The fraction of sp³-hybridized carbons (Fsp3) is 0.478. The van der Waals surface area contributed by atoms with Gasteiger partial charge in [0, 0.05) is 32.2 Å². The van der Waals surface area contributed by atoms with Crippen LogP contribution < -0.4 is 10.2 Å². The Balaban J connectivity index is 0.00000117. The summed E-state index contributed by atoms with van der Waals surface area (Å²) >= 11 is 0. The van der Waals surface area contributed by atoms with Crippen LogP contribution in [0.25, 0.3) is 0 Å². The Morgan fingerprint density at radius 3 is 2.38 bits per heavy atom. The van der Waals surface area contributed by atoms with Crippen molar-refractivity contribution in [1.29, 1.82) is 0 Å². The third kappa shape index (κ3) is 5.48. The second-order valence-electron chi connectivity index (χ2n) is 7.38. The highest BCUT2D eigenvalue weighted by atomic mass is 16.5. The molecule has 0 radical (unpaired) electrons. The number of nitrogens with zero attached hydrogens (tertiary/aromatic N) is 2. The number of benzene rings is 1. The summed E-state index contributed by atoms with van der Waals surface area (Å²) < 4.78 is 11.3. The highest BCUT2D eigenvalue weighted by Crippen LogP contribution is 2.24. The van der Waals surface area contributed by atoms with E-state index < -0.39 is 0 Å². The lowest BCUT2D eigenvalue weighted by atomic mass is 9.98. The number of rotatable bonds is 6. The Morgan fingerprint density at radius 1 is 1.14 bits per heavy atom. The van der Waals surface area contributed by atoms with Gasteiger partial charge in [0.15, 0.2) is 0 Å². The first-order valence-corrected chi connectivity index (χ1v) is 10.4. The van der Waals surface area contributed by atoms with Crippen LogP contribution in [-0.2, 0) is 24.4 Å². The summed E-state index contributed by atoms with van der Waals surface area (Å²) in [4.78, 5) is 27.1. The Bertz CT molecular complexity index is 831. The molecule has 1 aromatic heterocycles. The summed E-state index contributed by atoms with van der Waals surface area (Å²) in [5.74, 6) is 1.28. The maximum Gasteiger partial charge on any atom is 0.227 e. The first kappa shape index (κ1) is 21.1. The summed E-state index contributed by atoms with van der Waals surface area (Å²) in [5.41, 5.74) is 2.53. The average molecular weight is 399 g/mol. The van der Waals surface area contributed by atoms with Crippen molar-refractivity contribution >= 4 is 6.41 Å². The first-order valence-electron chi connectivity index (χ1n) is 10.4. The van der Waals surface area contributed by atoms with Crippen molar-refractivity contribution in [3.05, 3.63) is 63.7 Å². The zero-order valence-electron chi connectivity index (χ0n) is 17.3. The standard InChI is InChI=1S/C21H24N2O4.C2H6/c24-15-22-7-5-16(6-8-22)13-27-21-14-26-19(9-20(21)25)12-23-10-17-3-1-2-4-18(17)11-23;1-2/h1-4,9,14-16H,5-8,10-13H2;1-2H3. The number of amides is 1. The number of carbonyl (C=O) groups is 1. The summed E-state index contributed by atoms with van der Waals surface area (Å²) in [7, 11) is 0. The van der Waals surface area contributed by atoms with E-state index in [9.17, 15) is 9.59 Å². The molecule has 2 aromatic rings. The summed E-state index contributed by atoms with van der Waals surface area (Å²) in [5, 5.41) is 0. The Labute approximate surface area is 172 Å². The molecular formula is C23H30N2O4. The van der Waals surface area contributed by atoms with Crippen LogP contribution >= 0.6 is 0 Å². The molecule has 0 bridgehead atoms. The van der Waals surface area contributed by atoms with Crippen LogP contribution in [0, 0.1) is 5.92 Å². The highest BCUT2D eigenvalue weighted by molar-refractivity contribution is 5.47. The predicted molar refractivity (Wildman–Crippen MR) is 112 cm³/mol. The normalized spacial score (nSPS) is 16.7. The van der Waals surface area contributed by atoms with Gasteiger partial charge >= 0.3 is 0 Å². The van der Waals surface area contributed by atoms with Crippen LogP contribution in [0.1, 0.15) is 43.6 Å². The molecule has 156 valence electrons. The van der Waals surface area contributed by atoms with Crippen LogP contribution in [0.15, 0.2) is 45.8 Å². The van der Waals surface area contributed by atoms with Crippen LogP contribution in [0.5, 0.6) is 5.75 Å². The third-order valence-electron chi connectivity index (χ3n) is 5.41. The summed E-state index contributed by atoms with van der Waals surface area (Å²) in [6, 6.07) is 9.92. The molecule has 1 saturated heterocycles. The van der Waals surface area contributed by atoms with Gasteiger partial charge in [-0.2, -0.15) is 0 Å². The second-order valence-corrected chi connectivity index (χ2v) is 7.38. The van der Waals surface area contributed by atoms with E-state index in [2.05, 4.69) is 29.2 Å². The van der Waals surface area contributed by atoms with Crippen molar-refractivity contribution in [1.82, 2.24) is 9.80 Å². The molecule has 4 rings (SSSR count). The van der Waals surface area contributed by atoms with E-state index in [0.717, 1.165) is 45.4 Å². The van der Waals surface area contributed by atoms with E-state index >= 15 is 0 Å². The van der Waals surface area contributed by atoms with Gasteiger partial charge in [0.05, 0.1) is 13.2 Å². The lowest BCUT2D eigenvalue weighted by molar-refractivity contribution is -0.119. The number of likely N-dealkylation sites (tertiary alicyclic amines) is 1. The van der Waals surface area contributed by atoms with Crippen molar-refractivity contribution in [3.63, 3.8) is 0 Å². The van der Waals surface area contributed by atoms with Crippen molar-refractivity contribution in [3.8, 4) is 5.75 Å². The van der Waals surface area contributed by atoms with E-state index in [0.29, 0.717) is 24.8 Å². The van der Waals surface area contributed by atoms with Crippen molar-refractivity contribution in [2.75, 3.05) is 19.7 Å². The molecule has 2 aliphatic rings. The molecule has 3 heterocycles. The van der Waals surface area contributed by atoms with E-state index in [-0.39, 0.29) is 11.2 Å². The molecule has 1 aromatic carbocycles. The number of hydrogen-bond donors (Lipinski definition) is 0. The van der Waals surface area contributed by atoms with Gasteiger partial charge in [-0.3, -0.25) is 14.5 Å². The molecule has 6 nitrogen and oxygen atoms in total. The Morgan fingerprint density at radius 2 is 1.79 bits per heavy atom. The predicted octanol–water partition coefficient (Wildman–Crippen LogP) is 3.43. The molecule has 0 aliphatic carbocycles. The molecule has 6 heteroatoms. The molecule has 0 saturated carbocycles. The second kappa shape index (κ2) is 10.3. The van der Waals surface area contributed by atoms with Gasteiger partial charge in [-0.25, -0.2) is 0 Å². The quantitative estimate of drug-likeness (QED) is 0.698. The maximum atomic E-state index is 12.3. The Hall–Kier alpha value is -2.60. The van der Waals surface area contributed by atoms with Crippen LogP contribution in [0.3, 0.4) is 0 Å². The summed E-state index contributed by atoms with van der Waals surface area (Å²) in [6.45, 7) is 8.34. The number of hydrogen-bond acceptors (Lipinski definition) is 5. The highest BCUT2D eigenvalue weighted by Gasteiger charge is 2.21. The third-order valence-corrected chi connectivity index (χ3v) is 5.41. The lowest BCUT2D eigenvalue weighted by Crippen LogP contribution is -2.34. The van der Waals surface area contributed by atoms with E-state index in [1.807, 2.05) is 13.8 Å². The zero-order valence-corrected chi connectivity index (χ0v) is 17.3. The minimum absolute atomic E-state index is 0.140. The number of ether oxygens (including phenoxy) is 1. The van der Waals surface area contributed by atoms with Crippen LogP contribution in [0.2, 0.25) is 0 Å². The van der Waals surface area contributed by atoms with Gasteiger partial charge in [0.2, 0.25) is 17.6 Å². The van der Waals surface area contributed by atoms with Crippen molar-refractivity contribution in [2.24, 2.45) is 5.92 Å². The molecule has 2 aliphatic heterocycles. The Kier molecular flexibility index (Phi) is 7.47. The van der Waals surface area contributed by atoms with Crippen molar-refractivity contribution in [2.45, 2.75) is 46.3 Å². The smallest absolute Gasteiger partial charge is 0.227 e. The monoisotopic (exact) mass is 398 g/mol.